The van der Waals surface area contributed by atoms with E-state index >= 15 is 0 Å². The molecule has 0 bridgehead atoms. The molecule has 4 unspecified atom stereocenters. The average molecular weight is 668 g/mol. The quantitative estimate of drug-likeness (QED) is 0.264. The monoisotopic (exact) mass is 666 g/mol. The lowest BCUT2D eigenvalue weighted by Gasteiger charge is -2.19. The fourth-order valence-electron chi connectivity index (χ4n) is 5.10. The first-order valence-corrected chi connectivity index (χ1v) is 16.0. The maximum absolute atomic E-state index is 13.0. The van der Waals surface area contributed by atoms with Gasteiger partial charge in [-0.15, -0.1) is 0 Å². The molecular formula is C36H44BrFN2O4. The molecule has 2 N–H and O–H groups in total. The zero-order valence-corrected chi connectivity index (χ0v) is 28.0. The molecule has 6 nitrogen and oxygen atoms in total. The highest BCUT2D eigenvalue weighted by Crippen LogP contribution is 2.48. The zero-order chi connectivity index (χ0) is 32.1. The van der Waals surface area contributed by atoms with Gasteiger partial charge in [0.15, 0.2) is 0 Å². The average Bonchev–Trinajstić information content (AvgIpc) is 3.86. The van der Waals surface area contributed by atoms with Gasteiger partial charge in [-0.25, -0.2) is 14.0 Å². The summed E-state index contributed by atoms with van der Waals surface area (Å²) in [6, 6.07) is 23.3. The van der Waals surface area contributed by atoms with Crippen molar-refractivity contribution in [2.24, 2.45) is 11.8 Å². The van der Waals surface area contributed by atoms with E-state index < -0.39 is 11.2 Å². The molecule has 3 aromatic carbocycles. The van der Waals surface area contributed by atoms with E-state index in [0.29, 0.717) is 36.8 Å². The molecular weight excluding hydrogens is 623 g/mol. The van der Waals surface area contributed by atoms with Crippen molar-refractivity contribution in [3.8, 4) is 11.1 Å². The molecule has 5 rings (SSSR count). The van der Waals surface area contributed by atoms with Gasteiger partial charge in [0.25, 0.3) is 0 Å². The Balaban J connectivity index is 0.000000209. The molecule has 0 radical (unpaired) electrons. The summed E-state index contributed by atoms with van der Waals surface area (Å²) in [7, 11) is 0. The molecule has 4 atom stereocenters. The highest BCUT2D eigenvalue weighted by Gasteiger charge is 2.39. The van der Waals surface area contributed by atoms with E-state index in [9.17, 15) is 14.0 Å². The van der Waals surface area contributed by atoms with E-state index in [1.54, 1.807) is 12.1 Å². The van der Waals surface area contributed by atoms with Crippen LogP contribution in [0, 0.1) is 17.7 Å². The number of halogens is 2. The van der Waals surface area contributed by atoms with E-state index in [2.05, 4.69) is 75.1 Å². The minimum absolute atomic E-state index is 0.223. The maximum atomic E-state index is 13.0. The van der Waals surface area contributed by atoms with Crippen LogP contribution < -0.4 is 10.6 Å². The molecule has 0 heterocycles. The molecule has 0 aromatic heterocycles. The minimum Gasteiger partial charge on any atom is -0.444 e. The second-order valence-corrected chi connectivity index (χ2v) is 14.6. The summed E-state index contributed by atoms with van der Waals surface area (Å²) in [5.41, 5.74) is 3.81. The third-order valence-electron chi connectivity index (χ3n) is 7.47. The number of carbonyl (C=O) groups excluding carboxylic acids is 2. The number of rotatable bonds is 7. The number of carbonyl (C=O) groups is 2. The standard InChI is InChI=1S/C21H24FNO2.C15H20BrNO2/c1-21(2,3)25-20(24)23-13-17-12-19(17)16-6-4-14(5-7-16)15-8-10-18(22)11-9-15;1-15(2,3)19-14(18)17-9-11-8-13(11)10-4-6-12(16)7-5-10/h4-11,17,19H,12-13H2,1-3H3,(H,23,24);4-7,11,13H,8-9H2,1-3H3,(H,17,18). The van der Waals surface area contributed by atoms with E-state index in [-0.39, 0.29) is 18.0 Å². The molecule has 0 aliphatic heterocycles. The molecule has 0 saturated heterocycles. The highest BCUT2D eigenvalue weighted by molar-refractivity contribution is 9.10. The van der Waals surface area contributed by atoms with Gasteiger partial charge in [-0.2, -0.15) is 0 Å². The van der Waals surface area contributed by atoms with Crippen LogP contribution in [-0.4, -0.2) is 36.5 Å². The summed E-state index contributed by atoms with van der Waals surface area (Å²) in [6.45, 7) is 12.5. The van der Waals surface area contributed by atoms with Gasteiger partial charge >= 0.3 is 12.2 Å². The number of benzene rings is 3. The lowest BCUT2D eigenvalue weighted by atomic mass is 10.0. The van der Waals surface area contributed by atoms with Crippen molar-refractivity contribution >= 4 is 28.1 Å². The summed E-state index contributed by atoms with van der Waals surface area (Å²) < 4.78 is 24.6. The lowest BCUT2D eigenvalue weighted by Crippen LogP contribution is -2.33. The van der Waals surface area contributed by atoms with E-state index in [1.165, 1.54) is 23.3 Å². The molecule has 44 heavy (non-hydrogen) atoms. The van der Waals surface area contributed by atoms with Crippen LogP contribution in [0.2, 0.25) is 0 Å². The smallest absolute Gasteiger partial charge is 0.407 e. The van der Waals surface area contributed by atoms with Crippen molar-refractivity contribution in [2.45, 2.75) is 77.4 Å². The van der Waals surface area contributed by atoms with Crippen LogP contribution in [0.25, 0.3) is 11.1 Å². The Labute approximate surface area is 269 Å². The Morgan fingerprint density at radius 1 is 0.682 bits per heavy atom. The van der Waals surface area contributed by atoms with Crippen molar-refractivity contribution in [2.75, 3.05) is 13.1 Å². The normalized spacial score (nSPS) is 20.5. The molecule has 2 amide bonds. The Kier molecular flexibility index (Phi) is 10.8. The Hall–Kier alpha value is -3.39. The molecule has 2 aliphatic carbocycles. The van der Waals surface area contributed by atoms with Crippen LogP contribution in [0.4, 0.5) is 14.0 Å². The second kappa shape index (κ2) is 14.1. The van der Waals surface area contributed by atoms with Gasteiger partial charge in [0.1, 0.15) is 17.0 Å². The fraction of sp³-hybridized carbons (Fsp3) is 0.444. The first-order chi connectivity index (χ1) is 20.7. The predicted molar refractivity (Wildman–Crippen MR) is 176 cm³/mol. The van der Waals surface area contributed by atoms with Crippen molar-refractivity contribution < 1.29 is 23.5 Å². The number of nitrogens with one attached hydrogen (secondary N) is 2. The molecule has 0 spiro atoms. The Bertz CT molecular complexity index is 1400. The van der Waals surface area contributed by atoms with Crippen LogP contribution in [0.1, 0.15) is 77.3 Å². The molecule has 8 heteroatoms. The summed E-state index contributed by atoms with van der Waals surface area (Å²) >= 11 is 3.43. The number of amides is 2. The topological polar surface area (TPSA) is 76.7 Å². The van der Waals surface area contributed by atoms with Gasteiger partial charge < -0.3 is 20.1 Å². The second-order valence-electron chi connectivity index (χ2n) is 13.7. The minimum atomic E-state index is -0.469. The van der Waals surface area contributed by atoms with E-state index in [1.807, 2.05) is 41.5 Å². The molecule has 2 aliphatic rings. The summed E-state index contributed by atoms with van der Waals surface area (Å²) in [6.07, 6.45) is 1.53. The lowest BCUT2D eigenvalue weighted by molar-refractivity contribution is 0.0513. The van der Waals surface area contributed by atoms with Crippen LogP contribution in [0.3, 0.4) is 0 Å². The predicted octanol–water partition coefficient (Wildman–Crippen LogP) is 9.20. The molecule has 3 aromatic rings. The molecule has 236 valence electrons. The number of hydrogen-bond donors (Lipinski definition) is 2. The van der Waals surface area contributed by atoms with Crippen LogP contribution >= 0.6 is 15.9 Å². The van der Waals surface area contributed by atoms with E-state index in [4.69, 9.17) is 9.47 Å². The van der Waals surface area contributed by atoms with Crippen molar-refractivity contribution in [1.82, 2.24) is 10.6 Å². The van der Waals surface area contributed by atoms with Gasteiger partial charge in [0, 0.05) is 17.6 Å². The van der Waals surface area contributed by atoms with Crippen molar-refractivity contribution in [3.63, 3.8) is 0 Å². The first-order valence-electron chi connectivity index (χ1n) is 15.2. The highest BCUT2D eigenvalue weighted by atomic mass is 79.9. The Morgan fingerprint density at radius 2 is 1.05 bits per heavy atom. The van der Waals surface area contributed by atoms with Crippen molar-refractivity contribution in [3.05, 3.63) is 94.2 Å². The maximum Gasteiger partial charge on any atom is 0.407 e. The summed E-state index contributed by atoms with van der Waals surface area (Å²) in [5, 5.41) is 5.69. The molecule has 2 fully saturated rings. The largest absolute Gasteiger partial charge is 0.444 e. The summed E-state index contributed by atoms with van der Waals surface area (Å²) in [4.78, 5) is 23.2. The first kappa shape index (κ1) is 33.5. The fourth-order valence-corrected chi connectivity index (χ4v) is 5.36. The third-order valence-corrected chi connectivity index (χ3v) is 8.00. The summed E-state index contributed by atoms with van der Waals surface area (Å²) in [5.74, 6) is 1.83. The van der Waals surface area contributed by atoms with Gasteiger partial charge in [-0.3, -0.25) is 0 Å². The van der Waals surface area contributed by atoms with E-state index in [0.717, 1.165) is 28.4 Å². The third kappa shape index (κ3) is 11.0. The number of hydrogen-bond acceptors (Lipinski definition) is 4. The van der Waals surface area contributed by atoms with Crippen molar-refractivity contribution in [1.29, 1.82) is 0 Å². The van der Waals surface area contributed by atoms with Gasteiger partial charge in [0.2, 0.25) is 0 Å². The molecule has 2 saturated carbocycles. The van der Waals surface area contributed by atoms with Gasteiger partial charge in [-0.05, 0) is 125 Å². The Morgan fingerprint density at radius 3 is 1.43 bits per heavy atom. The van der Waals surface area contributed by atoms with Crippen LogP contribution in [0.5, 0.6) is 0 Å². The number of alkyl carbamates (subject to hydrolysis) is 2. The SMILES string of the molecule is CC(C)(C)OC(=O)NCC1CC1c1ccc(-c2ccc(F)cc2)cc1.CC(C)(C)OC(=O)NCC1CC1c1ccc(Br)cc1. The van der Waals surface area contributed by atoms with Gasteiger partial charge in [0.05, 0.1) is 0 Å². The zero-order valence-electron chi connectivity index (χ0n) is 26.5. The van der Waals surface area contributed by atoms with Crippen LogP contribution in [-0.2, 0) is 9.47 Å². The number of ether oxygens (including phenoxy) is 2. The van der Waals surface area contributed by atoms with Crippen LogP contribution in [0.15, 0.2) is 77.3 Å². The van der Waals surface area contributed by atoms with Gasteiger partial charge in [-0.1, -0.05) is 64.5 Å².